The van der Waals surface area contributed by atoms with Crippen molar-refractivity contribution in [1.82, 2.24) is 10.2 Å². The summed E-state index contributed by atoms with van der Waals surface area (Å²) in [6.07, 6.45) is 0.739. The summed E-state index contributed by atoms with van der Waals surface area (Å²) in [5, 5.41) is 2.93. The second-order valence-corrected chi connectivity index (χ2v) is 7.71. The van der Waals surface area contributed by atoms with Crippen LogP contribution in [0.15, 0.2) is 84.9 Å². The van der Waals surface area contributed by atoms with Crippen LogP contribution < -0.4 is 5.32 Å². The molecule has 3 aromatic carbocycles. The number of nitrogens with one attached hydrogen (secondary N) is 1. The summed E-state index contributed by atoms with van der Waals surface area (Å²) in [5.41, 5.74) is 4.09. The summed E-state index contributed by atoms with van der Waals surface area (Å²) in [7, 11) is 0. The van der Waals surface area contributed by atoms with Crippen LogP contribution in [0.25, 0.3) is 0 Å². The van der Waals surface area contributed by atoms with Gasteiger partial charge >= 0.3 is 0 Å². The van der Waals surface area contributed by atoms with Crippen molar-refractivity contribution in [2.24, 2.45) is 0 Å². The van der Waals surface area contributed by atoms with Gasteiger partial charge in [-0.2, -0.15) is 0 Å². The number of rotatable bonds is 9. The lowest BCUT2D eigenvalue weighted by Gasteiger charge is -2.31. The second-order valence-electron chi connectivity index (χ2n) is 7.71. The molecule has 3 aromatic rings. The second kappa shape index (κ2) is 11.1. The first-order valence-electron chi connectivity index (χ1n) is 10.8. The molecule has 0 saturated heterocycles. The number of carbonyl (C=O) groups excluding carboxylic acids is 2. The van der Waals surface area contributed by atoms with Crippen LogP contribution in [0.5, 0.6) is 0 Å². The molecule has 0 unspecified atom stereocenters. The van der Waals surface area contributed by atoms with Gasteiger partial charge in [0.05, 0.1) is 6.42 Å². The van der Waals surface area contributed by atoms with Gasteiger partial charge in [0, 0.05) is 19.5 Å². The Balaban J connectivity index is 1.94. The molecule has 4 heteroatoms. The van der Waals surface area contributed by atoms with Crippen LogP contribution >= 0.6 is 0 Å². The van der Waals surface area contributed by atoms with E-state index in [2.05, 4.69) is 5.32 Å². The summed E-state index contributed by atoms with van der Waals surface area (Å²) >= 11 is 0. The fourth-order valence-corrected chi connectivity index (χ4v) is 3.70. The summed E-state index contributed by atoms with van der Waals surface area (Å²) in [5.74, 6) is -0.175. The largest absolute Gasteiger partial charge is 0.355 e. The third-order valence-electron chi connectivity index (χ3n) is 5.42. The van der Waals surface area contributed by atoms with Gasteiger partial charge in [-0.05, 0) is 36.1 Å². The number of benzene rings is 3. The predicted molar refractivity (Wildman–Crippen MR) is 124 cm³/mol. The van der Waals surface area contributed by atoms with E-state index in [0.29, 0.717) is 19.5 Å². The molecule has 0 spiro atoms. The maximum atomic E-state index is 13.6. The minimum Gasteiger partial charge on any atom is -0.355 e. The average molecular weight is 415 g/mol. The van der Waals surface area contributed by atoms with E-state index in [9.17, 15) is 9.59 Å². The molecule has 0 fully saturated rings. The van der Waals surface area contributed by atoms with E-state index in [1.54, 1.807) is 4.90 Å². The highest BCUT2D eigenvalue weighted by molar-refractivity contribution is 5.88. The molecule has 31 heavy (non-hydrogen) atoms. The van der Waals surface area contributed by atoms with Gasteiger partial charge in [0.2, 0.25) is 11.8 Å². The number of hydrogen-bond acceptors (Lipinski definition) is 2. The van der Waals surface area contributed by atoms with E-state index >= 15 is 0 Å². The molecule has 0 radical (unpaired) electrons. The predicted octanol–water partition coefficient (Wildman–Crippen LogP) is 4.31. The summed E-state index contributed by atoms with van der Waals surface area (Å²) in [4.78, 5) is 28.4. The molecule has 3 rings (SSSR count). The maximum absolute atomic E-state index is 13.6. The molecule has 2 amide bonds. The fraction of sp³-hybridized carbons (Fsp3) is 0.259. The molecular weight excluding hydrogens is 384 g/mol. The summed E-state index contributed by atoms with van der Waals surface area (Å²) in [6, 6.07) is 27.0. The highest BCUT2D eigenvalue weighted by Crippen LogP contribution is 2.17. The van der Waals surface area contributed by atoms with Crippen LogP contribution in [0.3, 0.4) is 0 Å². The Bertz CT molecular complexity index is 986. The lowest BCUT2D eigenvalue weighted by Crippen LogP contribution is -2.51. The number of likely N-dealkylation sites (N-methyl/N-ethyl adjacent to an activating group) is 1. The maximum Gasteiger partial charge on any atom is 0.243 e. The van der Waals surface area contributed by atoms with Gasteiger partial charge in [-0.3, -0.25) is 9.59 Å². The van der Waals surface area contributed by atoms with Gasteiger partial charge in [0.15, 0.2) is 0 Å². The lowest BCUT2D eigenvalue weighted by molar-refractivity contribution is -0.140. The summed E-state index contributed by atoms with van der Waals surface area (Å²) in [6.45, 7) is 4.82. The molecule has 4 nitrogen and oxygen atoms in total. The SMILES string of the molecule is CCNC(=O)[C@@H](Cc1ccccc1)N(Cc1ccccc1)C(=O)Cc1ccccc1C. The van der Waals surface area contributed by atoms with Crippen LogP contribution in [0.4, 0.5) is 0 Å². The average Bonchev–Trinajstić information content (AvgIpc) is 2.79. The van der Waals surface area contributed by atoms with Crippen molar-refractivity contribution >= 4 is 11.8 Å². The molecule has 1 atom stereocenters. The molecule has 1 N–H and O–H groups in total. The number of amides is 2. The standard InChI is InChI=1S/C27H30N2O2/c1-3-28-27(31)25(18-22-13-6-4-7-14-22)29(20-23-15-8-5-9-16-23)26(30)19-24-17-11-10-12-21(24)2/h4-17,25H,3,18-20H2,1-2H3,(H,28,31)/t25-/m1/s1. The Kier molecular flexibility index (Phi) is 7.99. The Hall–Kier alpha value is -3.40. The van der Waals surface area contributed by atoms with E-state index in [-0.39, 0.29) is 18.2 Å². The van der Waals surface area contributed by atoms with Crippen LogP contribution in [-0.2, 0) is 29.0 Å². The first kappa shape index (κ1) is 22.3. The van der Waals surface area contributed by atoms with Gasteiger partial charge in [-0.1, -0.05) is 84.9 Å². The molecule has 0 heterocycles. The van der Waals surface area contributed by atoms with Crippen molar-refractivity contribution in [2.75, 3.05) is 6.54 Å². The topological polar surface area (TPSA) is 49.4 Å². The van der Waals surface area contributed by atoms with E-state index in [0.717, 1.165) is 22.3 Å². The number of hydrogen-bond donors (Lipinski definition) is 1. The Morgan fingerprint density at radius 2 is 1.42 bits per heavy atom. The molecule has 160 valence electrons. The van der Waals surface area contributed by atoms with E-state index in [4.69, 9.17) is 0 Å². The van der Waals surface area contributed by atoms with Crippen molar-refractivity contribution in [3.8, 4) is 0 Å². The molecule has 0 aliphatic heterocycles. The third-order valence-corrected chi connectivity index (χ3v) is 5.42. The Morgan fingerprint density at radius 3 is 2.03 bits per heavy atom. The van der Waals surface area contributed by atoms with Crippen molar-refractivity contribution in [3.05, 3.63) is 107 Å². The normalized spacial score (nSPS) is 11.5. The zero-order valence-corrected chi connectivity index (χ0v) is 18.3. The van der Waals surface area contributed by atoms with Crippen molar-refractivity contribution < 1.29 is 9.59 Å². The lowest BCUT2D eigenvalue weighted by atomic mass is 10.0. The smallest absolute Gasteiger partial charge is 0.243 e. The quantitative estimate of drug-likeness (QED) is 0.567. The number of nitrogens with zero attached hydrogens (tertiary/aromatic N) is 1. The minimum atomic E-state index is -0.584. The summed E-state index contributed by atoms with van der Waals surface area (Å²) < 4.78 is 0. The molecular formula is C27H30N2O2. The van der Waals surface area contributed by atoms with Gasteiger partial charge < -0.3 is 10.2 Å². The minimum absolute atomic E-state index is 0.0506. The van der Waals surface area contributed by atoms with Gasteiger partial charge in [0.1, 0.15) is 6.04 Å². The molecule has 0 aliphatic rings. The monoisotopic (exact) mass is 414 g/mol. The van der Waals surface area contributed by atoms with Crippen LogP contribution in [-0.4, -0.2) is 29.3 Å². The van der Waals surface area contributed by atoms with Gasteiger partial charge in [-0.15, -0.1) is 0 Å². The Morgan fingerprint density at radius 1 is 0.839 bits per heavy atom. The van der Waals surface area contributed by atoms with Gasteiger partial charge in [-0.25, -0.2) is 0 Å². The van der Waals surface area contributed by atoms with Crippen molar-refractivity contribution in [1.29, 1.82) is 0 Å². The Labute approximate surface area is 184 Å². The zero-order valence-electron chi connectivity index (χ0n) is 18.3. The highest BCUT2D eigenvalue weighted by atomic mass is 16.2. The highest BCUT2D eigenvalue weighted by Gasteiger charge is 2.30. The molecule has 0 bridgehead atoms. The molecule has 0 saturated carbocycles. The van der Waals surface area contributed by atoms with Crippen LogP contribution in [0.2, 0.25) is 0 Å². The van der Waals surface area contributed by atoms with E-state index < -0.39 is 6.04 Å². The van der Waals surface area contributed by atoms with Crippen molar-refractivity contribution in [3.63, 3.8) is 0 Å². The van der Waals surface area contributed by atoms with Crippen molar-refractivity contribution in [2.45, 2.75) is 39.3 Å². The number of aryl methyl sites for hydroxylation is 1. The van der Waals surface area contributed by atoms with Gasteiger partial charge in [0.25, 0.3) is 0 Å². The zero-order chi connectivity index (χ0) is 22.1. The molecule has 0 aromatic heterocycles. The first-order chi connectivity index (χ1) is 15.1. The fourth-order valence-electron chi connectivity index (χ4n) is 3.70. The number of carbonyl (C=O) groups is 2. The first-order valence-corrected chi connectivity index (χ1v) is 10.8. The third kappa shape index (κ3) is 6.29. The van der Waals surface area contributed by atoms with E-state index in [1.807, 2.05) is 98.8 Å². The van der Waals surface area contributed by atoms with Crippen LogP contribution in [0.1, 0.15) is 29.2 Å². The molecule has 0 aliphatic carbocycles. The van der Waals surface area contributed by atoms with E-state index in [1.165, 1.54) is 0 Å². The van der Waals surface area contributed by atoms with Crippen LogP contribution in [0, 0.1) is 6.92 Å².